The van der Waals surface area contributed by atoms with Crippen LogP contribution in [0, 0.1) is 19.7 Å². The molecule has 7 heteroatoms. The van der Waals surface area contributed by atoms with Gasteiger partial charge in [-0.1, -0.05) is 6.07 Å². The Kier molecular flexibility index (Phi) is 7.40. The zero-order valence-electron chi connectivity index (χ0n) is 16.2. The number of rotatable bonds is 7. The Bertz CT molecular complexity index is 815. The third-order valence-electron chi connectivity index (χ3n) is 4.10. The molecule has 0 fully saturated rings. The smallest absolute Gasteiger partial charge is 0.341 e. The summed E-state index contributed by atoms with van der Waals surface area (Å²) >= 11 is 0. The van der Waals surface area contributed by atoms with Crippen molar-refractivity contribution in [3.05, 3.63) is 58.3 Å². The van der Waals surface area contributed by atoms with Crippen LogP contribution in [0.4, 0.5) is 4.39 Å². The number of esters is 1. The van der Waals surface area contributed by atoms with Gasteiger partial charge >= 0.3 is 5.97 Å². The molecule has 0 atom stereocenters. The van der Waals surface area contributed by atoms with Gasteiger partial charge in [-0.3, -0.25) is 0 Å². The first-order valence-corrected chi connectivity index (χ1v) is 8.89. The lowest BCUT2D eigenvalue weighted by Gasteiger charge is -2.12. The van der Waals surface area contributed by atoms with Crippen LogP contribution in [0.1, 0.15) is 39.9 Å². The van der Waals surface area contributed by atoms with Gasteiger partial charge in [-0.2, -0.15) is 0 Å². The summed E-state index contributed by atoms with van der Waals surface area (Å²) in [5.41, 5.74) is 2.43. The molecular weight excluding hydrogens is 349 g/mol. The van der Waals surface area contributed by atoms with Crippen LogP contribution < -0.4 is 10.6 Å². The minimum atomic E-state index is -0.425. The van der Waals surface area contributed by atoms with Crippen LogP contribution in [0.15, 0.2) is 33.7 Å². The van der Waals surface area contributed by atoms with Crippen molar-refractivity contribution < 1.29 is 18.3 Å². The fraction of sp³-hybridized carbons (Fsp3) is 0.400. The number of hydrogen-bond donors (Lipinski definition) is 2. The molecule has 2 aromatic rings. The van der Waals surface area contributed by atoms with E-state index in [4.69, 9.17) is 9.15 Å². The van der Waals surface area contributed by atoms with Gasteiger partial charge in [0.05, 0.1) is 7.11 Å². The summed E-state index contributed by atoms with van der Waals surface area (Å²) in [6.45, 7) is 7.26. The highest BCUT2D eigenvalue weighted by Crippen LogP contribution is 2.16. The van der Waals surface area contributed by atoms with Crippen LogP contribution in [0.25, 0.3) is 0 Å². The summed E-state index contributed by atoms with van der Waals surface area (Å²) in [6, 6.07) is 6.46. The third-order valence-corrected chi connectivity index (χ3v) is 4.10. The van der Waals surface area contributed by atoms with Gasteiger partial charge in [-0.15, -0.1) is 0 Å². The van der Waals surface area contributed by atoms with Crippen LogP contribution in [0.3, 0.4) is 0 Å². The first kappa shape index (κ1) is 20.5. The van der Waals surface area contributed by atoms with Crippen LogP contribution in [-0.2, 0) is 17.7 Å². The molecule has 0 amide bonds. The second-order valence-electron chi connectivity index (χ2n) is 6.12. The normalized spacial score (nSPS) is 11.4. The van der Waals surface area contributed by atoms with E-state index in [1.54, 1.807) is 19.1 Å². The zero-order valence-corrected chi connectivity index (χ0v) is 16.2. The van der Waals surface area contributed by atoms with Crippen molar-refractivity contribution in [3.8, 4) is 0 Å². The maximum Gasteiger partial charge on any atom is 0.341 e. The van der Waals surface area contributed by atoms with E-state index in [-0.39, 0.29) is 5.82 Å². The van der Waals surface area contributed by atoms with Crippen LogP contribution in [0.5, 0.6) is 0 Å². The Balaban J connectivity index is 1.96. The number of carbonyl (C=O) groups is 1. The highest BCUT2D eigenvalue weighted by atomic mass is 19.1. The minimum absolute atomic E-state index is 0.223. The number of nitrogens with zero attached hydrogens (tertiary/aromatic N) is 1. The van der Waals surface area contributed by atoms with Crippen molar-refractivity contribution in [2.45, 2.75) is 33.7 Å². The molecule has 1 aromatic heterocycles. The van der Waals surface area contributed by atoms with E-state index >= 15 is 0 Å². The van der Waals surface area contributed by atoms with E-state index < -0.39 is 5.97 Å². The molecule has 0 radical (unpaired) electrons. The number of methoxy groups -OCH3 is 1. The first-order chi connectivity index (χ1) is 12.9. The van der Waals surface area contributed by atoms with E-state index in [2.05, 4.69) is 15.6 Å². The van der Waals surface area contributed by atoms with Crippen molar-refractivity contribution >= 4 is 11.9 Å². The van der Waals surface area contributed by atoms with Crippen LogP contribution >= 0.6 is 0 Å². The van der Waals surface area contributed by atoms with Gasteiger partial charge in [0.25, 0.3) is 0 Å². The molecule has 2 rings (SSSR count). The number of carbonyl (C=O) groups excluding carboxylic acids is 1. The first-order valence-electron chi connectivity index (χ1n) is 8.89. The minimum Gasteiger partial charge on any atom is -0.465 e. The summed E-state index contributed by atoms with van der Waals surface area (Å²) in [7, 11) is 1.34. The molecule has 0 saturated heterocycles. The maximum absolute atomic E-state index is 13.2. The summed E-state index contributed by atoms with van der Waals surface area (Å²) in [5.74, 6) is 1.09. The van der Waals surface area contributed by atoms with Crippen molar-refractivity contribution in [3.63, 3.8) is 0 Å². The van der Waals surface area contributed by atoms with Gasteiger partial charge in [0.2, 0.25) is 0 Å². The largest absolute Gasteiger partial charge is 0.465 e. The molecule has 0 unspecified atom stereocenters. The molecule has 0 saturated carbocycles. The van der Waals surface area contributed by atoms with Crippen molar-refractivity contribution in [1.29, 1.82) is 0 Å². The third kappa shape index (κ3) is 5.84. The van der Waals surface area contributed by atoms with Gasteiger partial charge in [0.15, 0.2) is 5.96 Å². The lowest BCUT2D eigenvalue weighted by atomic mass is 10.1. The Morgan fingerprint density at radius 2 is 2.04 bits per heavy atom. The van der Waals surface area contributed by atoms with E-state index in [0.717, 1.165) is 17.5 Å². The summed E-state index contributed by atoms with van der Waals surface area (Å²) in [4.78, 5) is 16.1. The number of benzene rings is 1. The number of nitrogens with one attached hydrogen (secondary N) is 2. The predicted octanol–water partition coefficient (Wildman–Crippen LogP) is 3.12. The number of hydrogen-bond acceptors (Lipinski definition) is 4. The lowest BCUT2D eigenvalue weighted by Crippen LogP contribution is -2.38. The van der Waals surface area contributed by atoms with E-state index in [1.807, 2.05) is 13.8 Å². The van der Waals surface area contributed by atoms with Gasteiger partial charge in [0, 0.05) is 13.1 Å². The van der Waals surface area contributed by atoms with Crippen LogP contribution in [-0.4, -0.2) is 32.1 Å². The Hall–Kier alpha value is -2.83. The van der Waals surface area contributed by atoms with Gasteiger partial charge in [-0.05, 0) is 56.5 Å². The van der Waals surface area contributed by atoms with Crippen molar-refractivity contribution in [2.75, 3.05) is 20.2 Å². The van der Waals surface area contributed by atoms with Crippen molar-refractivity contribution in [2.24, 2.45) is 4.99 Å². The fourth-order valence-electron chi connectivity index (χ4n) is 2.69. The summed E-state index contributed by atoms with van der Waals surface area (Å²) in [6.07, 6.45) is 0.753. The highest BCUT2D eigenvalue weighted by molar-refractivity contribution is 5.90. The number of aryl methyl sites for hydroxylation is 2. The average Bonchev–Trinajstić information content (AvgIpc) is 3.01. The number of furan rings is 1. The highest BCUT2D eigenvalue weighted by Gasteiger charge is 2.15. The quantitative estimate of drug-likeness (QED) is 0.442. The van der Waals surface area contributed by atoms with E-state index in [0.29, 0.717) is 42.7 Å². The van der Waals surface area contributed by atoms with Gasteiger partial charge < -0.3 is 19.8 Å². The predicted molar refractivity (Wildman–Crippen MR) is 102 cm³/mol. The average molecular weight is 375 g/mol. The maximum atomic E-state index is 13.2. The van der Waals surface area contributed by atoms with E-state index in [1.165, 1.54) is 19.2 Å². The standard InChI is InChI=1S/C20H26FN3O3/c1-5-22-20(23-9-8-15-6-7-16(21)10-13(15)2)24-12-17-11-18(14(3)27-17)19(25)26-4/h6-7,10-11H,5,8-9,12H2,1-4H3,(H2,22,23,24). The molecule has 0 bridgehead atoms. The molecule has 0 aliphatic rings. The van der Waals surface area contributed by atoms with Crippen LogP contribution in [0.2, 0.25) is 0 Å². The molecule has 6 nitrogen and oxygen atoms in total. The molecule has 0 aliphatic heterocycles. The van der Waals surface area contributed by atoms with Crippen molar-refractivity contribution in [1.82, 2.24) is 10.6 Å². The van der Waals surface area contributed by atoms with E-state index in [9.17, 15) is 9.18 Å². The molecule has 1 aromatic carbocycles. The SMILES string of the molecule is CCNC(=NCc1cc(C(=O)OC)c(C)o1)NCCc1ccc(F)cc1C. The number of guanidine groups is 1. The Labute approximate surface area is 158 Å². The molecule has 2 N–H and O–H groups in total. The summed E-state index contributed by atoms with van der Waals surface area (Å²) in [5, 5.41) is 6.41. The Morgan fingerprint density at radius 1 is 1.26 bits per heavy atom. The molecule has 0 aliphatic carbocycles. The zero-order chi connectivity index (χ0) is 19.8. The second kappa shape index (κ2) is 9.75. The molecule has 0 spiro atoms. The number of aliphatic imine (C=N–C) groups is 1. The van der Waals surface area contributed by atoms with Gasteiger partial charge in [-0.25, -0.2) is 14.2 Å². The fourth-order valence-corrected chi connectivity index (χ4v) is 2.69. The molecule has 1 heterocycles. The lowest BCUT2D eigenvalue weighted by molar-refractivity contribution is 0.0599. The number of halogens is 1. The Morgan fingerprint density at radius 3 is 2.70 bits per heavy atom. The molecular formula is C20H26FN3O3. The topological polar surface area (TPSA) is 75.9 Å². The summed E-state index contributed by atoms with van der Waals surface area (Å²) < 4.78 is 23.5. The monoisotopic (exact) mass is 375 g/mol. The molecule has 27 heavy (non-hydrogen) atoms. The number of ether oxygens (including phenoxy) is 1. The van der Waals surface area contributed by atoms with Gasteiger partial charge in [0.1, 0.15) is 29.4 Å². The molecule has 146 valence electrons. The second-order valence-corrected chi connectivity index (χ2v) is 6.12.